The number of rotatable bonds is 2. The predicted octanol–water partition coefficient (Wildman–Crippen LogP) is 2.26. The number of aromatic carboxylic acids is 1. The van der Waals surface area contributed by atoms with Crippen LogP contribution in [0.5, 0.6) is 0 Å². The summed E-state index contributed by atoms with van der Waals surface area (Å²) in [5.41, 5.74) is -0.336. The molecule has 1 heterocycles. The largest absolute Gasteiger partial charge is 0.477 e. The second-order valence-corrected chi connectivity index (χ2v) is 4.11. The lowest BCUT2D eigenvalue weighted by Gasteiger charge is -2.06. The Balaban J connectivity index is 2.98. The molecule has 0 saturated heterocycles. The first-order valence-corrected chi connectivity index (χ1v) is 4.75. The summed E-state index contributed by atoms with van der Waals surface area (Å²) in [5.74, 6) is -3.57. The van der Waals surface area contributed by atoms with Crippen molar-refractivity contribution in [1.82, 2.24) is 0 Å². The Morgan fingerprint density at radius 1 is 1.44 bits per heavy atom. The quantitative estimate of drug-likeness (QED) is 0.849. The highest BCUT2D eigenvalue weighted by Crippen LogP contribution is 2.28. The molecule has 16 heavy (non-hydrogen) atoms. The van der Waals surface area contributed by atoms with Crippen LogP contribution >= 0.6 is 11.3 Å². The highest BCUT2D eigenvalue weighted by atomic mass is 32.1. The molecule has 0 spiro atoms. The monoisotopic (exact) mass is 253 g/mol. The van der Waals surface area contributed by atoms with E-state index < -0.39 is 18.1 Å². The van der Waals surface area contributed by atoms with Gasteiger partial charge in [0.2, 0.25) is 0 Å². The Hall–Kier alpha value is -1.57. The zero-order valence-electron chi connectivity index (χ0n) is 7.88. The first-order valence-electron chi connectivity index (χ1n) is 3.93. The van der Waals surface area contributed by atoms with Gasteiger partial charge in [-0.25, -0.2) is 4.79 Å². The smallest absolute Gasteiger partial charge is 0.471 e. The molecule has 8 heteroatoms. The number of carbonyl (C=O) groups excluding carboxylic acids is 1. The van der Waals surface area contributed by atoms with Crippen LogP contribution in [0.3, 0.4) is 0 Å². The zero-order chi connectivity index (χ0) is 12.5. The maximum Gasteiger partial charge on any atom is 0.471 e. The minimum absolute atomic E-state index is 0.324. The van der Waals surface area contributed by atoms with Gasteiger partial charge in [0.1, 0.15) is 4.88 Å². The Bertz CT molecular complexity index is 438. The molecule has 0 radical (unpaired) electrons. The third-order valence-corrected chi connectivity index (χ3v) is 2.59. The van der Waals surface area contributed by atoms with Crippen molar-refractivity contribution in [2.24, 2.45) is 0 Å². The fraction of sp³-hybridized carbons (Fsp3) is 0.250. The fourth-order valence-corrected chi connectivity index (χ4v) is 1.77. The van der Waals surface area contributed by atoms with Gasteiger partial charge in [-0.3, -0.25) is 4.79 Å². The van der Waals surface area contributed by atoms with E-state index in [-0.39, 0.29) is 10.6 Å². The van der Waals surface area contributed by atoms with Crippen molar-refractivity contribution in [3.8, 4) is 0 Å². The summed E-state index contributed by atoms with van der Waals surface area (Å²) in [5, 5.41) is 10.2. The normalized spacial score (nSPS) is 11.2. The number of aryl methyl sites for hydroxylation is 1. The second kappa shape index (κ2) is 4.12. The summed E-state index contributed by atoms with van der Waals surface area (Å²) in [6.07, 6.45) is -5.04. The van der Waals surface area contributed by atoms with Crippen LogP contribution in [0, 0.1) is 6.92 Å². The molecule has 0 aliphatic rings. The topological polar surface area (TPSA) is 66.4 Å². The van der Waals surface area contributed by atoms with Gasteiger partial charge in [0, 0.05) is 4.88 Å². The third kappa shape index (κ3) is 2.72. The lowest BCUT2D eigenvalue weighted by atomic mass is 10.3. The van der Waals surface area contributed by atoms with Crippen LogP contribution in [-0.2, 0) is 4.79 Å². The average Bonchev–Trinajstić information content (AvgIpc) is 2.45. The minimum atomic E-state index is -5.04. The average molecular weight is 253 g/mol. The molecule has 1 rings (SSSR count). The molecule has 1 amide bonds. The third-order valence-electron chi connectivity index (χ3n) is 1.56. The molecular weight excluding hydrogens is 247 g/mol. The van der Waals surface area contributed by atoms with Gasteiger partial charge >= 0.3 is 18.1 Å². The number of carbonyl (C=O) groups is 2. The van der Waals surface area contributed by atoms with Gasteiger partial charge < -0.3 is 10.4 Å². The number of alkyl halides is 3. The van der Waals surface area contributed by atoms with Gasteiger partial charge in [-0.05, 0) is 13.0 Å². The first kappa shape index (κ1) is 12.5. The van der Waals surface area contributed by atoms with Crippen LogP contribution in [0.2, 0.25) is 0 Å². The Morgan fingerprint density at radius 3 is 2.44 bits per heavy atom. The molecule has 0 atom stereocenters. The summed E-state index contributed by atoms with van der Waals surface area (Å²) < 4.78 is 35.8. The van der Waals surface area contributed by atoms with Crippen LogP contribution in [-0.4, -0.2) is 23.2 Å². The number of hydrogen-bond acceptors (Lipinski definition) is 3. The van der Waals surface area contributed by atoms with E-state index in [9.17, 15) is 22.8 Å². The molecule has 1 aromatic rings. The molecule has 0 aliphatic carbocycles. The number of carboxylic acid groups (broad SMARTS) is 1. The van der Waals surface area contributed by atoms with E-state index in [1.165, 1.54) is 18.3 Å². The number of hydrogen-bond donors (Lipinski definition) is 2. The summed E-state index contributed by atoms with van der Waals surface area (Å²) in [4.78, 5) is 21.4. The lowest BCUT2D eigenvalue weighted by molar-refractivity contribution is -0.167. The number of amides is 1. The maximum atomic E-state index is 11.9. The fourth-order valence-electron chi connectivity index (χ4n) is 0.959. The van der Waals surface area contributed by atoms with Crippen molar-refractivity contribution in [2.75, 3.05) is 5.32 Å². The van der Waals surface area contributed by atoms with Gasteiger partial charge in [-0.2, -0.15) is 13.2 Å². The molecule has 4 nitrogen and oxygen atoms in total. The zero-order valence-corrected chi connectivity index (χ0v) is 8.70. The molecule has 0 aromatic carbocycles. The standard InChI is InChI=1S/C8H6F3NO3S/c1-3-2-4(5(16-3)6(13)14)12-7(15)8(9,10)11/h2H,1H3,(H,12,15)(H,13,14). The number of thiophene rings is 1. The lowest BCUT2D eigenvalue weighted by Crippen LogP contribution is -2.30. The number of carboxylic acids is 1. The molecular formula is C8H6F3NO3S. The summed E-state index contributed by atoms with van der Waals surface area (Å²) in [7, 11) is 0. The van der Waals surface area contributed by atoms with Crippen LogP contribution in [0.4, 0.5) is 18.9 Å². The van der Waals surface area contributed by atoms with Crippen molar-refractivity contribution in [1.29, 1.82) is 0 Å². The van der Waals surface area contributed by atoms with E-state index in [1.54, 1.807) is 0 Å². The van der Waals surface area contributed by atoms with Crippen LogP contribution < -0.4 is 5.32 Å². The number of anilines is 1. The van der Waals surface area contributed by atoms with E-state index in [2.05, 4.69) is 0 Å². The second-order valence-electron chi connectivity index (χ2n) is 2.86. The van der Waals surface area contributed by atoms with Crippen LogP contribution in [0.25, 0.3) is 0 Å². The van der Waals surface area contributed by atoms with Crippen LogP contribution in [0.15, 0.2) is 6.07 Å². The summed E-state index contributed by atoms with van der Waals surface area (Å²) in [6.45, 7) is 1.53. The molecule has 0 fully saturated rings. The molecule has 0 saturated carbocycles. The molecule has 88 valence electrons. The van der Waals surface area contributed by atoms with Gasteiger partial charge in [-0.1, -0.05) is 0 Å². The van der Waals surface area contributed by atoms with Gasteiger partial charge in [-0.15, -0.1) is 11.3 Å². The molecule has 0 aliphatic heterocycles. The maximum absolute atomic E-state index is 11.9. The van der Waals surface area contributed by atoms with E-state index >= 15 is 0 Å². The van der Waals surface area contributed by atoms with Crippen molar-refractivity contribution < 1.29 is 27.9 Å². The van der Waals surface area contributed by atoms with E-state index in [0.29, 0.717) is 4.88 Å². The van der Waals surface area contributed by atoms with Gasteiger partial charge in [0.15, 0.2) is 0 Å². The van der Waals surface area contributed by atoms with Crippen LogP contribution in [0.1, 0.15) is 14.5 Å². The van der Waals surface area contributed by atoms with Gasteiger partial charge in [0.25, 0.3) is 0 Å². The number of halogens is 3. The molecule has 2 N–H and O–H groups in total. The Morgan fingerprint density at radius 2 is 2.00 bits per heavy atom. The summed E-state index contributed by atoms with van der Waals surface area (Å²) >= 11 is 0.793. The molecule has 0 bridgehead atoms. The van der Waals surface area contributed by atoms with E-state index in [1.807, 2.05) is 0 Å². The van der Waals surface area contributed by atoms with Crippen molar-refractivity contribution in [3.63, 3.8) is 0 Å². The minimum Gasteiger partial charge on any atom is -0.477 e. The predicted molar refractivity (Wildman–Crippen MR) is 50.7 cm³/mol. The summed E-state index contributed by atoms with van der Waals surface area (Å²) in [6, 6.07) is 1.18. The Kier molecular flexibility index (Phi) is 3.22. The van der Waals surface area contributed by atoms with E-state index in [4.69, 9.17) is 5.11 Å². The highest BCUT2D eigenvalue weighted by molar-refractivity contribution is 7.14. The van der Waals surface area contributed by atoms with Crippen molar-refractivity contribution in [3.05, 3.63) is 15.8 Å². The first-order chi connectivity index (χ1) is 7.21. The molecule has 1 aromatic heterocycles. The Labute approximate surface area is 91.7 Å². The molecule has 0 unspecified atom stereocenters. The number of nitrogens with one attached hydrogen (secondary N) is 1. The SMILES string of the molecule is Cc1cc(NC(=O)C(F)(F)F)c(C(=O)O)s1. The highest BCUT2D eigenvalue weighted by Gasteiger charge is 2.39. The van der Waals surface area contributed by atoms with Gasteiger partial charge in [0.05, 0.1) is 5.69 Å². The van der Waals surface area contributed by atoms with E-state index in [0.717, 1.165) is 11.3 Å². The van der Waals surface area contributed by atoms with Crippen molar-refractivity contribution >= 4 is 28.9 Å². The van der Waals surface area contributed by atoms with Crippen molar-refractivity contribution in [2.45, 2.75) is 13.1 Å².